The zero-order chi connectivity index (χ0) is 25.0. The monoisotopic (exact) mass is 503 g/mol. The van der Waals surface area contributed by atoms with Crippen molar-refractivity contribution in [1.29, 1.82) is 0 Å². The van der Waals surface area contributed by atoms with E-state index in [0.29, 0.717) is 23.6 Å². The van der Waals surface area contributed by atoms with Crippen LogP contribution in [0.5, 0.6) is 5.75 Å². The number of nitrogens with one attached hydrogen (secondary N) is 1. The topological polar surface area (TPSA) is 136 Å². The Morgan fingerprint density at radius 2 is 2.03 bits per heavy atom. The van der Waals surface area contributed by atoms with Crippen LogP contribution in [-0.2, 0) is 9.84 Å². The van der Waals surface area contributed by atoms with E-state index in [0.717, 1.165) is 31.7 Å². The number of aromatic nitrogens is 4. The minimum Gasteiger partial charge on any atom is -0.489 e. The number of halogens is 1. The van der Waals surface area contributed by atoms with Gasteiger partial charge in [0, 0.05) is 17.8 Å². The Morgan fingerprint density at radius 1 is 1.26 bits per heavy atom. The van der Waals surface area contributed by atoms with Gasteiger partial charge in [0.15, 0.2) is 15.6 Å². The smallest absolute Gasteiger partial charge is 0.404 e. The van der Waals surface area contributed by atoms with Crippen LogP contribution in [0.1, 0.15) is 32.6 Å². The molecule has 1 amide bonds. The molecule has 4 rings (SSSR count). The summed E-state index contributed by atoms with van der Waals surface area (Å²) in [5.41, 5.74) is 1.19. The number of hydrogen-bond acceptors (Lipinski definition) is 7. The summed E-state index contributed by atoms with van der Waals surface area (Å²) < 4.78 is 46.1. The van der Waals surface area contributed by atoms with Crippen molar-refractivity contribution in [2.75, 3.05) is 12.4 Å². The molecular weight excluding hydrogens is 477 g/mol. The van der Waals surface area contributed by atoms with Gasteiger partial charge in [0.1, 0.15) is 23.5 Å². The Kier molecular flexibility index (Phi) is 7.29. The highest BCUT2D eigenvalue weighted by atomic mass is 32.2. The van der Waals surface area contributed by atoms with Gasteiger partial charge in [-0.3, -0.25) is 0 Å². The lowest BCUT2D eigenvalue weighted by atomic mass is 9.86. The van der Waals surface area contributed by atoms with Crippen molar-refractivity contribution in [2.45, 2.75) is 43.5 Å². The number of benzene rings is 1. The van der Waals surface area contributed by atoms with E-state index in [-0.39, 0.29) is 28.3 Å². The van der Waals surface area contributed by atoms with Gasteiger partial charge in [-0.2, -0.15) is 5.10 Å². The zero-order valence-corrected chi connectivity index (χ0v) is 19.9. The number of carboxylic acid groups (broad SMARTS) is 1. The van der Waals surface area contributed by atoms with Gasteiger partial charge in [-0.05, 0) is 49.8 Å². The van der Waals surface area contributed by atoms with Crippen LogP contribution < -0.4 is 10.1 Å². The highest BCUT2D eigenvalue weighted by molar-refractivity contribution is 7.91. The maximum Gasteiger partial charge on any atom is 0.404 e. The van der Waals surface area contributed by atoms with Crippen molar-refractivity contribution >= 4 is 15.9 Å². The van der Waals surface area contributed by atoms with Crippen molar-refractivity contribution < 1.29 is 27.4 Å². The molecule has 1 aromatic carbocycles. The minimum absolute atomic E-state index is 0.0262. The van der Waals surface area contributed by atoms with E-state index in [9.17, 15) is 17.6 Å². The molecule has 0 aliphatic heterocycles. The standard InChI is InChI=1S/C23H26FN5O5S/c1-2-35(32,33)18-7-8-20(19(24)9-18)29-12-16(10-27-29)22-21(11-25-14-26-22)34-13-15-3-5-17(6-4-15)28-23(30)31/h7-12,14-15,17,28H,2-6,13H2,1H3,(H,30,31)/t15-,17+. The maximum absolute atomic E-state index is 14.7. The Bertz CT molecular complexity index is 1310. The van der Waals surface area contributed by atoms with Crippen LogP contribution in [0.4, 0.5) is 9.18 Å². The summed E-state index contributed by atoms with van der Waals surface area (Å²) in [7, 11) is -3.52. The van der Waals surface area contributed by atoms with Crippen molar-refractivity contribution in [3.8, 4) is 22.7 Å². The third-order valence-corrected chi connectivity index (χ3v) is 7.82. The van der Waals surface area contributed by atoms with Gasteiger partial charge >= 0.3 is 6.09 Å². The van der Waals surface area contributed by atoms with E-state index in [2.05, 4.69) is 20.4 Å². The van der Waals surface area contributed by atoms with E-state index in [1.165, 1.54) is 36.3 Å². The van der Waals surface area contributed by atoms with Crippen LogP contribution >= 0.6 is 0 Å². The minimum atomic E-state index is -3.52. The number of rotatable bonds is 8. The lowest BCUT2D eigenvalue weighted by Crippen LogP contribution is -2.37. The summed E-state index contributed by atoms with van der Waals surface area (Å²) in [4.78, 5) is 19.1. The lowest BCUT2D eigenvalue weighted by molar-refractivity contribution is 0.169. The molecule has 1 saturated carbocycles. The lowest BCUT2D eigenvalue weighted by Gasteiger charge is -2.28. The summed E-state index contributed by atoms with van der Waals surface area (Å²) in [5.74, 6) is -0.0804. The van der Waals surface area contributed by atoms with E-state index in [4.69, 9.17) is 9.84 Å². The number of nitrogens with zero attached hydrogens (tertiary/aromatic N) is 4. The molecule has 35 heavy (non-hydrogen) atoms. The third-order valence-electron chi connectivity index (χ3n) is 6.09. The van der Waals surface area contributed by atoms with Gasteiger partial charge in [-0.25, -0.2) is 32.3 Å². The summed E-state index contributed by atoms with van der Waals surface area (Å²) in [5, 5.41) is 15.6. The fraction of sp³-hybridized carbons (Fsp3) is 0.391. The van der Waals surface area contributed by atoms with E-state index < -0.39 is 21.7 Å². The first-order valence-corrected chi connectivity index (χ1v) is 12.9. The molecule has 2 aromatic heterocycles. The second-order valence-electron chi connectivity index (χ2n) is 8.40. The SMILES string of the molecule is CCS(=O)(=O)c1ccc(-n2cc(-c3ncncc3OC[C@H]3CC[C@@H](NC(=O)O)CC3)cn2)c(F)c1. The predicted molar refractivity (Wildman–Crippen MR) is 125 cm³/mol. The summed E-state index contributed by atoms with van der Waals surface area (Å²) in [6, 6.07) is 3.71. The molecular formula is C23H26FN5O5S. The summed E-state index contributed by atoms with van der Waals surface area (Å²) in [6.45, 7) is 1.94. The average molecular weight is 504 g/mol. The van der Waals surface area contributed by atoms with Crippen LogP contribution in [0.15, 0.2) is 48.0 Å². The second-order valence-corrected chi connectivity index (χ2v) is 10.7. The number of sulfone groups is 1. The molecule has 186 valence electrons. The van der Waals surface area contributed by atoms with E-state index >= 15 is 0 Å². The van der Waals surface area contributed by atoms with Gasteiger partial charge < -0.3 is 15.2 Å². The summed E-state index contributed by atoms with van der Waals surface area (Å²) in [6.07, 6.45) is 8.25. The quantitative estimate of drug-likeness (QED) is 0.477. The molecule has 1 aliphatic rings. The van der Waals surface area contributed by atoms with Crippen LogP contribution in [0, 0.1) is 11.7 Å². The van der Waals surface area contributed by atoms with E-state index in [1.807, 2.05) is 0 Å². The molecule has 0 spiro atoms. The van der Waals surface area contributed by atoms with Crippen LogP contribution in [0.2, 0.25) is 0 Å². The van der Waals surface area contributed by atoms with Crippen LogP contribution in [0.25, 0.3) is 16.9 Å². The number of hydrogen-bond donors (Lipinski definition) is 2. The van der Waals surface area contributed by atoms with Gasteiger partial charge in [0.2, 0.25) is 0 Å². The fourth-order valence-corrected chi connectivity index (χ4v) is 5.00. The van der Waals surface area contributed by atoms with Crippen LogP contribution in [0.3, 0.4) is 0 Å². The average Bonchev–Trinajstić information content (AvgIpc) is 3.33. The molecule has 2 N–H and O–H groups in total. The Labute approximate surface area is 202 Å². The van der Waals surface area contributed by atoms with E-state index in [1.54, 1.807) is 12.4 Å². The van der Waals surface area contributed by atoms with Crippen molar-refractivity contribution in [1.82, 2.24) is 25.1 Å². The van der Waals surface area contributed by atoms with Crippen molar-refractivity contribution in [3.63, 3.8) is 0 Å². The highest BCUT2D eigenvalue weighted by Crippen LogP contribution is 2.30. The Morgan fingerprint density at radius 3 is 2.71 bits per heavy atom. The first-order chi connectivity index (χ1) is 16.8. The number of amides is 1. The molecule has 10 nitrogen and oxygen atoms in total. The molecule has 2 heterocycles. The van der Waals surface area contributed by atoms with Crippen molar-refractivity contribution in [2.24, 2.45) is 5.92 Å². The Balaban J connectivity index is 1.47. The van der Waals surface area contributed by atoms with Gasteiger partial charge in [-0.1, -0.05) is 6.92 Å². The van der Waals surface area contributed by atoms with Crippen LogP contribution in [-0.4, -0.2) is 57.8 Å². The summed E-state index contributed by atoms with van der Waals surface area (Å²) >= 11 is 0. The molecule has 0 bridgehead atoms. The normalized spacial score (nSPS) is 18.2. The van der Waals surface area contributed by atoms with Gasteiger partial charge in [-0.15, -0.1) is 0 Å². The molecule has 0 unspecified atom stereocenters. The molecule has 0 saturated heterocycles. The first-order valence-electron chi connectivity index (χ1n) is 11.3. The second kappa shape index (κ2) is 10.4. The number of ether oxygens (including phenoxy) is 1. The van der Waals surface area contributed by atoms with Crippen molar-refractivity contribution in [3.05, 3.63) is 48.9 Å². The maximum atomic E-state index is 14.7. The molecule has 0 radical (unpaired) electrons. The highest BCUT2D eigenvalue weighted by Gasteiger charge is 2.23. The molecule has 1 aliphatic carbocycles. The molecule has 1 fully saturated rings. The fourth-order valence-electron chi connectivity index (χ4n) is 4.11. The number of carbonyl (C=O) groups is 1. The first kappa shape index (κ1) is 24.6. The molecule has 12 heteroatoms. The van der Waals surface area contributed by atoms with Gasteiger partial charge in [0.05, 0.1) is 29.6 Å². The molecule has 0 atom stereocenters. The Hall–Kier alpha value is -3.54. The predicted octanol–water partition coefficient (Wildman–Crippen LogP) is 3.47. The third kappa shape index (κ3) is 5.76. The largest absolute Gasteiger partial charge is 0.489 e. The zero-order valence-electron chi connectivity index (χ0n) is 19.1. The van der Waals surface area contributed by atoms with Gasteiger partial charge in [0.25, 0.3) is 0 Å². The molecule has 3 aromatic rings.